The van der Waals surface area contributed by atoms with Crippen molar-refractivity contribution in [3.63, 3.8) is 0 Å². The summed E-state index contributed by atoms with van der Waals surface area (Å²) in [6.45, 7) is 10.5. The van der Waals surface area contributed by atoms with Gasteiger partial charge in [0.1, 0.15) is 6.33 Å². The number of anilines is 1. The molecule has 1 saturated heterocycles. The molecule has 0 bridgehead atoms. The molecular formula is C18H25FN6O. The van der Waals surface area contributed by atoms with E-state index in [0.29, 0.717) is 25.5 Å². The molecule has 1 aliphatic heterocycles. The van der Waals surface area contributed by atoms with Crippen LogP contribution in [0.1, 0.15) is 26.5 Å². The maximum absolute atomic E-state index is 13.8. The zero-order valence-electron chi connectivity index (χ0n) is 15.5. The Morgan fingerprint density at radius 2 is 1.85 bits per heavy atom. The monoisotopic (exact) mass is 360 g/mol. The standard InChI is InChI=1S/C18H25FN6O/c1-18(2,3)15-4-5-16(26)25(22-15)11-8-23-6-9-24(10-7-23)17-14(19)12-20-13-21-17/h4-5,12-13H,6-11H2,1-3H3. The molecule has 1 fully saturated rings. The zero-order chi connectivity index (χ0) is 18.7. The summed E-state index contributed by atoms with van der Waals surface area (Å²) in [5, 5.41) is 4.50. The Morgan fingerprint density at radius 3 is 2.50 bits per heavy atom. The summed E-state index contributed by atoms with van der Waals surface area (Å²) in [5.41, 5.74) is 0.726. The van der Waals surface area contributed by atoms with E-state index in [-0.39, 0.29) is 11.0 Å². The minimum absolute atomic E-state index is 0.0836. The highest BCUT2D eigenvalue weighted by Gasteiger charge is 2.21. The Hall–Kier alpha value is -2.35. The van der Waals surface area contributed by atoms with Crippen LogP contribution in [0, 0.1) is 5.82 Å². The molecule has 0 amide bonds. The molecule has 0 aromatic carbocycles. The molecule has 0 radical (unpaired) electrons. The van der Waals surface area contributed by atoms with E-state index in [1.54, 1.807) is 12.1 Å². The maximum atomic E-state index is 13.8. The van der Waals surface area contributed by atoms with Gasteiger partial charge in [0.2, 0.25) is 0 Å². The lowest BCUT2D eigenvalue weighted by Gasteiger charge is -2.35. The Bertz CT molecular complexity index is 808. The molecule has 2 aromatic heterocycles. The Balaban J connectivity index is 1.58. The minimum atomic E-state index is -0.393. The SMILES string of the molecule is CC(C)(C)c1ccc(=O)n(CCN2CCN(c3ncncc3F)CC2)n1. The van der Waals surface area contributed by atoms with Crippen molar-refractivity contribution in [3.05, 3.63) is 46.5 Å². The molecule has 0 unspecified atom stereocenters. The topological polar surface area (TPSA) is 67.2 Å². The molecule has 0 spiro atoms. The van der Waals surface area contributed by atoms with Crippen LogP contribution in [-0.4, -0.2) is 57.4 Å². The van der Waals surface area contributed by atoms with Crippen molar-refractivity contribution in [1.82, 2.24) is 24.6 Å². The van der Waals surface area contributed by atoms with E-state index in [9.17, 15) is 9.18 Å². The first-order valence-corrected chi connectivity index (χ1v) is 8.86. The summed E-state index contributed by atoms with van der Waals surface area (Å²) in [6, 6.07) is 3.39. The van der Waals surface area contributed by atoms with Gasteiger partial charge in [-0.1, -0.05) is 20.8 Å². The highest BCUT2D eigenvalue weighted by atomic mass is 19.1. The quantitative estimate of drug-likeness (QED) is 0.819. The van der Waals surface area contributed by atoms with Gasteiger partial charge < -0.3 is 4.90 Å². The van der Waals surface area contributed by atoms with E-state index in [4.69, 9.17) is 0 Å². The molecule has 140 valence electrons. The van der Waals surface area contributed by atoms with Crippen LogP contribution in [0.15, 0.2) is 29.5 Å². The molecule has 7 nitrogen and oxygen atoms in total. The largest absolute Gasteiger partial charge is 0.352 e. The van der Waals surface area contributed by atoms with Crippen LogP contribution in [-0.2, 0) is 12.0 Å². The smallest absolute Gasteiger partial charge is 0.266 e. The Morgan fingerprint density at radius 1 is 1.12 bits per heavy atom. The second-order valence-electron chi connectivity index (χ2n) is 7.55. The Kier molecular flexibility index (Phi) is 5.31. The van der Waals surface area contributed by atoms with Gasteiger partial charge in [-0.3, -0.25) is 9.69 Å². The van der Waals surface area contributed by atoms with E-state index in [1.807, 2.05) is 4.90 Å². The molecule has 0 aliphatic carbocycles. The highest BCUT2D eigenvalue weighted by Crippen LogP contribution is 2.18. The summed E-state index contributed by atoms with van der Waals surface area (Å²) in [7, 11) is 0. The van der Waals surface area contributed by atoms with Gasteiger partial charge >= 0.3 is 0 Å². The predicted molar refractivity (Wildman–Crippen MR) is 97.8 cm³/mol. The Labute approximate surface area is 152 Å². The summed E-state index contributed by atoms with van der Waals surface area (Å²) >= 11 is 0. The average molecular weight is 360 g/mol. The molecule has 0 atom stereocenters. The lowest BCUT2D eigenvalue weighted by Crippen LogP contribution is -2.48. The molecule has 1 aliphatic rings. The van der Waals surface area contributed by atoms with Crippen LogP contribution in [0.4, 0.5) is 10.2 Å². The number of aromatic nitrogens is 4. The number of hydrogen-bond donors (Lipinski definition) is 0. The second-order valence-corrected chi connectivity index (χ2v) is 7.55. The fraction of sp³-hybridized carbons (Fsp3) is 0.556. The summed E-state index contributed by atoms with van der Waals surface area (Å²) < 4.78 is 15.3. The van der Waals surface area contributed by atoms with Gasteiger partial charge in [0.25, 0.3) is 5.56 Å². The number of piperazine rings is 1. The minimum Gasteiger partial charge on any atom is -0.352 e. The fourth-order valence-corrected chi connectivity index (χ4v) is 2.97. The van der Waals surface area contributed by atoms with Crippen molar-refractivity contribution >= 4 is 5.82 Å². The summed E-state index contributed by atoms with van der Waals surface area (Å²) in [4.78, 5) is 24.0. The number of hydrogen-bond acceptors (Lipinski definition) is 6. The predicted octanol–water partition coefficient (Wildman–Crippen LogP) is 1.29. The van der Waals surface area contributed by atoms with Crippen molar-refractivity contribution in [1.29, 1.82) is 0 Å². The lowest BCUT2D eigenvalue weighted by molar-refractivity contribution is 0.240. The average Bonchev–Trinajstić information content (AvgIpc) is 2.61. The number of nitrogens with zero attached hydrogens (tertiary/aromatic N) is 6. The molecule has 3 rings (SSSR count). The first kappa shape index (κ1) is 18.4. The third-order valence-corrected chi connectivity index (χ3v) is 4.58. The molecular weight excluding hydrogens is 335 g/mol. The van der Waals surface area contributed by atoms with Crippen molar-refractivity contribution in [2.75, 3.05) is 37.6 Å². The van der Waals surface area contributed by atoms with E-state index in [2.05, 4.69) is 40.7 Å². The van der Waals surface area contributed by atoms with Gasteiger partial charge in [-0.2, -0.15) is 5.10 Å². The lowest BCUT2D eigenvalue weighted by atomic mass is 9.92. The van der Waals surface area contributed by atoms with E-state index >= 15 is 0 Å². The van der Waals surface area contributed by atoms with Crippen molar-refractivity contribution in [3.8, 4) is 0 Å². The second kappa shape index (κ2) is 7.49. The third-order valence-electron chi connectivity index (χ3n) is 4.58. The van der Waals surface area contributed by atoms with Crippen LogP contribution in [0.25, 0.3) is 0 Å². The van der Waals surface area contributed by atoms with Crippen LogP contribution in [0.2, 0.25) is 0 Å². The van der Waals surface area contributed by atoms with E-state index < -0.39 is 5.82 Å². The van der Waals surface area contributed by atoms with Crippen LogP contribution in [0.5, 0.6) is 0 Å². The summed E-state index contributed by atoms with van der Waals surface area (Å²) in [6.07, 6.45) is 2.56. The van der Waals surface area contributed by atoms with Gasteiger partial charge in [0, 0.05) is 44.2 Å². The molecule has 26 heavy (non-hydrogen) atoms. The highest BCUT2D eigenvalue weighted by molar-refractivity contribution is 5.38. The maximum Gasteiger partial charge on any atom is 0.266 e. The van der Waals surface area contributed by atoms with Gasteiger partial charge in [-0.25, -0.2) is 19.0 Å². The van der Waals surface area contributed by atoms with Gasteiger partial charge in [-0.15, -0.1) is 0 Å². The number of halogens is 1. The molecule has 0 saturated carbocycles. The van der Waals surface area contributed by atoms with Crippen molar-refractivity contribution in [2.45, 2.75) is 32.7 Å². The zero-order valence-corrected chi connectivity index (χ0v) is 15.5. The normalized spacial score (nSPS) is 16.1. The molecule has 8 heteroatoms. The fourth-order valence-electron chi connectivity index (χ4n) is 2.97. The van der Waals surface area contributed by atoms with E-state index in [1.165, 1.54) is 17.2 Å². The molecule has 2 aromatic rings. The van der Waals surface area contributed by atoms with Crippen LogP contribution in [0.3, 0.4) is 0 Å². The van der Waals surface area contributed by atoms with Crippen LogP contribution < -0.4 is 10.5 Å². The van der Waals surface area contributed by atoms with E-state index in [0.717, 1.165) is 25.3 Å². The van der Waals surface area contributed by atoms with Crippen molar-refractivity contribution < 1.29 is 4.39 Å². The first-order chi connectivity index (χ1) is 12.3. The summed E-state index contributed by atoms with van der Waals surface area (Å²) in [5.74, 6) is -0.0360. The third kappa shape index (κ3) is 4.24. The van der Waals surface area contributed by atoms with Gasteiger partial charge in [0.15, 0.2) is 11.6 Å². The first-order valence-electron chi connectivity index (χ1n) is 8.86. The van der Waals surface area contributed by atoms with Crippen molar-refractivity contribution in [2.24, 2.45) is 0 Å². The van der Waals surface area contributed by atoms with Gasteiger partial charge in [0.05, 0.1) is 18.4 Å². The molecule has 3 heterocycles. The van der Waals surface area contributed by atoms with Gasteiger partial charge in [-0.05, 0) is 6.07 Å². The number of rotatable bonds is 4. The van der Waals surface area contributed by atoms with Crippen LogP contribution >= 0.6 is 0 Å². The molecule has 0 N–H and O–H groups in total.